The van der Waals surface area contributed by atoms with E-state index in [0.717, 1.165) is 29.4 Å². The van der Waals surface area contributed by atoms with E-state index in [9.17, 15) is 0 Å². The number of rotatable bonds is 4. The van der Waals surface area contributed by atoms with Gasteiger partial charge >= 0.3 is 0 Å². The van der Waals surface area contributed by atoms with E-state index in [1.54, 1.807) is 0 Å². The van der Waals surface area contributed by atoms with Gasteiger partial charge in [-0.3, -0.25) is 0 Å². The van der Waals surface area contributed by atoms with Gasteiger partial charge in [0.05, 0.1) is 0 Å². The zero-order chi connectivity index (χ0) is 13.1. The van der Waals surface area contributed by atoms with E-state index in [2.05, 4.69) is 19.2 Å². The van der Waals surface area contributed by atoms with Gasteiger partial charge in [0.15, 0.2) is 0 Å². The highest BCUT2D eigenvalue weighted by Crippen LogP contribution is 2.30. The van der Waals surface area contributed by atoms with Crippen molar-refractivity contribution in [2.75, 3.05) is 13.1 Å². The second kappa shape index (κ2) is 5.94. The van der Waals surface area contributed by atoms with Crippen LogP contribution in [0.2, 0.25) is 5.02 Å². The molecule has 0 bridgehead atoms. The summed E-state index contributed by atoms with van der Waals surface area (Å²) in [5.74, 6) is 2.03. The molecule has 1 aliphatic rings. The molecule has 1 heterocycles. The standard InChI is InChI=1S/C15H22ClNO/c1-10(2)15(12-7-8-17-9-12)18-14-6-4-5-13(16)11(14)3/h4-6,10,12,15,17H,7-9H2,1-3H3/t12?,15-/m0/s1. The lowest BCUT2D eigenvalue weighted by molar-refractivity contribution is 0.0966. The van der Waals surface area contributed by atoms with E-state index in [1.807, 2.05) is 25.1 Å². The van der Waals surface area contributed by atoms with Gasteiger partial charge in [0.2, 0.25) is 0 Å². The summed E-state index contributed by atoms with van der Waals surface area (Å²) in [6, 6.07) is 5.87. The first-order chi connectivity index (χ1) is 8.59. The fourth-order valence-corrected chi connectivity index (χ4v) is 2.76. The Balaban J connectivity index is 2.15. The molecule has 1 N–H and O–H groups in total. The third kappa shape index (κ3) is 2.99. The highest BCUT2D eigenvalue weighted by Gasteiger charge is 2.29. The van der Waals surface area contributed by atoms with E-state index >= 15 is 0 Å². The normalized spacial score (nSPS) is 21.3. The Labute approximate surface area is 115 Å². The SMILES string of the molecule is Cc1c(Cl)cccc1O[C@@H](C(C)C)C1CCNC1. The summed E-state index contributed by atoms with van der Waals surface area (Å²) < 4.78 is 6.25. The molecule has 1 saturated heterocycles. The molecule has 0 radical (unpaired) electrons. The van der Waals surface area contributed by atoms with Crippen molar-refractivity contribution < 1.29 is 4.74 Å². The summed E-state index contributed by atoms with van der Waals surface area (Å²) >= 11 is 6.14. The van der Waals surface area contributed by atoms with Crippen LogP contribution in [0.4, 0.5) is 0 Å². The van der Waals surface area contributed by atoms with Gasteiger partial charge < -0.3 is 10.1 Å². The molecular formula is C15H22ClNO. The molecule has 0 aromatic heterocycles. The molecule has 0 amide bonds. The van der Waals surface area contributed by atoms with Crippen molar-refractivity contribution >= 4 is 11.6 Å². The van der Waals surface area contributed by atoms with Crippen LogP contribution in [0.3, 0.4) is 0 Å². The molecule has 1 fully saturated rings. The van der Waals surface area contributed by atoms with Gasteiger partial charge in [-0.25, -0.2) is 0 Å². The van der Waals surface area contributed by atoms with Crippen LogP contribution in [0.1, 0.15) is 25.8 Å². The predicted molar refractivity (Wildman–Crippen MR) is 76.4 cm³/mol. The molecule has 1 aromatic carbocycles. The third-order valence-corrected chi connectivity index (χ3v) is 4.11. The van der Waals surface area contributed by atoms with Crippen molar-refractivity contribution in [1.82, 2.24) is 5.32 Å². The Morgan fingerprint density at radius 1 is 1.39 bits per heavy atom. The van der Waals surface area contributed by atoms with Gasteiger partial charge in [-0.1, -0.05) is 31.5 Å². The van der Waals surface area contributed by atoms with E-state index in [-0.39, 0.29) is 6.10 Å². The molecule has 0 saturated carbocycles. The molecule has 3 heteroatoms. The Kier molecular flexibility index (Phi) is 4.52. The predicted octanol–water partition coefficient (Wildman–Crippen LogP) is 3.66. The van der Waals surface area contributed by atoms with E-state index in [1.165, 1.54) is 6.42 Å². The zero-order valence-electron chi connectivity index (χ0n) is 11.4. The van der Waals surface area contributed by atoms with Crippen molar-refractivity contribution in [3.8, 4) is 5.75 Å². The maximum Gasteiger partial charge on any atom is 0.124 e. The van der Waals surface area contributed by atoms with Crippen LogP contribution >= 0.6 is 11.6 Å². The fourth-order valence-electron chi connectivity index (χ4n) is 2.60. The van der Waals surface area contributed by atoms with E-state index < -0.39 is 0 Å². The average molecular weight is 268 g/mol. The second-order valence-electron chi connectivity index (χ2n) is 5.44. The van der Waals surface area contributed by atoms with E-state index in [0.29, 0.717) is 11.8 Å². The first-order valence-electron chi connectivity index (χ1n) is 6.72. The van der Waals surface area contributed by atoms with Gasteiger partial charge in [0.1, 0.15) is 11.9 Å². The molecule has 2 atom stereocenters. The minimum Gasteiger partial charge on any atom is -0.489 e. The molecule has 18 heavy (non-hydrogen) atoms. The van der Waals surface area contributed by atoms with Crippen LogP contribution in [0.25, 0.3) is 0 Å². The summed E-state index contributed by atoms with van der Waals surface area (Å²) in [6.07, 6.45) is 1.46. The van der Waals surface area contributed by atoms with Crippen molar-refractivity contribution in [3.05, 3.63) is 28.8 Å². The number of benzene rings is 1. The maximum absolute atomic E-state index is 6.25. The summed E-state index contributed by atoms with van der Waals surface area (Å²) in [6.45, 7) is 8.63. The van der Waals surface area contributed by atoms with Crippen LogP contribution in [0.15, 0.2) is 18.2 Å². The fraction of sp³-hybridized carbons (Fsp3) is 0.600. The highest BCUT2D eigenvalue weighted by atomic mass is 35.5. The zero-order valence-corrected chi connectivity index (χ0v) is 12.1. The lowest BCUT2D eigenvalue weighted by atomic mass is 9.92. The Bertz CT molecular complexity index is 399. The lowest BCUT2D eigenvalue weighted by Gasteiger charge is -2.28. The molecule has 0 aliphatic carbocycles. The monoisotopic (exact) mass is 267 g/mol. The quantitative estimate of drug-likeness (QED) is 0.899. The smallest absolute Gasteiger partial charge is 0.124 e. The van der Waals surface area contributed by atoms with Gasteiger partial charge in [0.25, 0.3) is 0 Å². The van der Waals surface area contributed by atoms with Crippen molar-refractivity contribution in [2.24, 2.45) is 11.8 Å². The summed E-state index contributed by atoms with van der Waals surface area (Å²) in [5.41, 5.74) is 1.04. The minimum atomic E-state index is 0.261. The van der Waals surface area contributed by atoms with Crippen LogP contribution < -0.4 is 10.1 Å². The molecule has 100 valence electrons. The van der Waals surface area contributed by atoms with Crippen LogP contribution in [-0.4, -0.2) is 19.2 Å². The van der Waals surface area contributed by atoms with Crippen LogP contribution in [0, 0.1) is 18.8 Å². The van der Waals surface area contributed by atoms with Crippen molar-refractivity contribution in [1.29, 1.82) is 0 Å². The van der Waals surface area contributed by atoms with Crippen LogP contribution in [-0.2, 0) is 0 Å². The largest absolute Gasteiger partial charge is 0.489 e. The first kappa shape index (κ1) is 13.7. The molecule has 0 spiro atoms. The highest BCUT2D eigenvalue weighted by molar-refractivity contribution is 6.31. The van der Waals surface area contributed by atoms with E-state index in [4.69, 9.17) is 16.3 Å². The lowest BCUT2D eigenvalue weighted by Crippen LogP contribution is -2.33. The Morgan fingerprint density at radius 3 is 2.78 bits per heavy atom. The van der Waals surface area contributed by atoms with Gasteiger partial charge in [-0.15, -0.1) is 0 Å². The number of nitrogens with one attached hydrogen (secondary N) is 1. The maximum atomic E-state index is 6.25. The first-order valence-corrected chi connectivity index (χ1v) is 7.10. The molecule has 2 rings (SSSR count). The number of ether oxygens (including phenoxy) is 1. The second-order valence-corrected chi connectivity index (χ2v) is 5.85. The summed E-state index contributed by atoms with van der Waals surface area (Å²) in [7, 11) is 0. The van der Waals surface area contributed by atoms with Crippen LogP contribution in [0.5, 0.6) is 5.75 Å². The van der Waals surface area contributed by atoms with Gasteiger partial charge in [0, 0.05) is 23.0 Å². The molecule has 1 aliphatic heterocycles. The average Bonchev–Trinajstić information content (AvgIpc) is 2.84. The molecule has 1 unspecified atom stereocenters. The third-order valence-electron chi connectivity index (χ3n) is 3.70. The molecular weight excluding hydrogens is 246 g/mol. The van der Waals surface area contributed by atoms with Gasteiger partial charge in [-0.2, -0.15) is 0 Å². The Hall–Kier alpha value is -0.730. The Morgan fingerprint density at radius 2 is 2.17 bits per heavy atom. The molecule has 2 nitrogen and oxygen atoms in total. The number of hydrogen-bond acceptors (Lipinski definition) is 2. The van der Waals surface area contributed by atoms with Crippen molar-refractivity contribution in [2.45, 2.75) is 33.3 Å². The number of halogens is 1. The van der Waals surface area contributed by atoms with Crippen molar-refractivity contribution in [3.63, 3.8) is 0 Å². The summed E-state index contributed by atoms with van der Waals surface area (Å²) in [4.78, 5) is 0. The molecule has 1 aromatic rings. The summed E-state index contributed by atoms with van der Waals surface area (Å²) in [5, 5.41) is 4.19. The minimum absolute atomic E-state index is 0.261. The topological polar surface area (TPSA) is 21.3 Å². The number of hydrogen-bond donors (Lipinski definition) is 1. The van der Waals surface area contributed by atoms with Gasteiger partial charge in [-0.05, 0) is 37.9 Å².